The number of halogens is 2. The minimum absolute atomic E-state index is 0.181. The van der Waals surface area contributed by atoms with Crippen molar-refractivity contribution in [3.8, 4) is 0 Å². The van der Waals surface area contributed by atoms with Crippen LogP contribution in [-0.2, 0) is 10.0 Å². The van der Waals surface area contributed by atoms with E-state index >= 15 is 0 Å². The van der Waals surface area contributed by atoms with Gasteiger partial charge >= 0.3 is 0 Å². The molecule has 0 aliphatic carbocycles. The van der Waals surface area contributed by atoms with Crippen molar-refractivity contribution in [3.05, 3.63) is 21.9 Å². The van der Waals surface area contributed by atoms with Gasteiger partial charge in [0.1, 0.15) is 10.8 Å². The van der Waals surface area contributed by atoms with E-state index in [2.05, 4.69) is 10.3 Å². The zero-order valence-corrected chi connectivity index (χ0v) is 11.0. The van der Waals surface area contributed by atoms with Gasteiger partial charge in [0.05, 0.1) is 10.8 Å². The van der Waals surface area contributed by atoms with Gasteiger partial charge in [-0.05, 0) is 12.5 Å². The van der Waals surface area contributed by atoms with Crippen molar-refractivity contribution >= 4 is 39.1 Å². The minimum atomic E-state index is -3.49. The number of aromatic nitrogens is 1. The number of carbonyl (C=O) groups excluding carboxylic acids is 1. The van der Waals surface area contributed by atoms with Crippen LogP contribution in [0.4, 0.5) is 0 Å². The van der Waals surface area contributed by atoms with E-state index in [4.69, 9.17) is 28.3 Å². The summed E-state index contributed by atoms with van der Waals surface area (Å²) in [4.78, 5) is 14.1. The van der Waals surface area contributed by atoms with Gasteiger partial charge in [-0.25, -0.2) is 13.6 Å². The number of rotatable bonds is 5. The molecular weight excluding hydrogens is 289 g/mol. The monoisotopic (exact) mass is 299 g/mol. The fraction of sp³-hybridized carbons (Fsp3) is 0.375. The number of nitrogens with one attached hydrogen (secondary N) is 2. The molecule has 0 spiro atoms. The molecule has 0 unspecified atom stereocenters. The standard InChI is InChI=1S/C8H11Cl2N3O3S/c9-5-4-6(13-7(5)10)8(14)12-2-1-3-17(11,15)16/h4,13H,1-3H2,(H,12,14)(H2,11,15,16). The van der Waals surface area contributed by atoms with Crippen LogP contribution in [0.25, 0.3) is 0 Å². The molecule has 4 N–H and O–H groups in total. The van der Waals surface area contributed by atoms with Crippen molar-refractivity contribution in [1.82, 2.24) is 10.3 Å². The highest BCUT2D eigenvalue weighted by atomic mass is 35.5. The molecule has 0 saturated carbocycles. The van der Waals surface area contributed by atoms with Gasteiger partial charge < -0.3 is 10.3 Å². The smallest absolute Gasteiger partial charge is 0.267 e. The van der Waals surface area contributed by atoms with Gasteiger partial charge in [0.15, 0.2) is 0 Å². The highest BCUT2D eigenvalue weighted by Crippen LogP contribution is 2.21. The van der Waals surface area contributed by atoms with Gasteiger partial charge in [0.25, 0.3) is 5.91 Å². The number of carbonyl (C=O) groups is 1. The Morgan fingerprint density at radius 2 is 2.12 bits per heavy atom. The first-order valence-electron chi connectivity index (χ1n) is 4.62. The molecule has 1 aromatic heterocycles. The highest BCUT2D eigenvalue weighted by Gasteiger charge is 2.11. The van der Waals surface area contributed by atoms with E-state index < -0.39 is 15.9 Å². The van der Waals surface area contributed by atoms with Gasteiger partial charge in [-0.15, -0.1) is 0 Å². The Kier molecular flexibility index (Phi) is 4.81. The van der Waals surface area contributed by atoms with Crippen LogP contribution >= 0.6 is 23.2 Å². The van der Waals surface area contributed by atoms with Crippen LogP contribution in [0.3, 0.4) is 0 Å². The van der Waals surface area contributed by atoms with E-state index in [0.29, 0.717) is 0 Å². The van der Waals surface area contributed by atoms with Crippen LogP contribution in [-0.4, -0.2) is 31.6 Å². The lowest BCUT2D eigenvalue weighted by Crippen LogP contribution is -2.27. The van der Waals surface area contributed by atoms with Crippen molar-refractivity contribution < 1.29 is 13.2 Å². The zero-order valence-electron chi connectivity index (χ0n) is 8.66. The Hall–Kier alpha value is -0.760. The molecule has 96 valence electrons. The summed E-state index contributed by atoms with van der Waals surface area (Å²) in [6.07, 6.45) is 0.243. The van der Waals surface area contributed by atoms with E-state index in [9.17, 15) is 13.2 Å². The molecule has 1 rings (SSSR count). The lowest BCUT2D eigenvalue weighted by atomic mass is 10.4. The number of primary sulfonamides is 1. The predicted octanol–water partition coefficient (Wildman–Crippen LogP) is 0.730. The summed E-state index contributed by atoms with van der Waals surface area (Å²) in [7, 11) is -3.49. The van der Waals surface area contributed by atoms with Gasteiger partial charge in [0.2, 0.25) is 10.0 Å². The summed E-state index contributed by atoms with van der Waals surface area (Å²) in [5.74, 6) is -0.590. The number of sulfonamides is 1. The molecule has 6 nitrogen and oxygen atoms in total. The van der Waals surface area contributed by atoms with Crippen molar-refractivity contribution in [1.29, 1.82) is 0 Å². The maximum atomic E-state index is 11.5. The van der Waals surface area contributed by atoms with Gasteiger partial charge in [0, 0.05) is 6.54 Å². The van der Waals surface area contributed by atoms with E-state index in [1.165, 1.54) is 6.07 Å². The molecule has 0 saturated heterocycles. The lowest BCUT2D eigenvalue weighted by molar-refractivity contribution is 0.0949. The first-order chi connectivity index (χ1) is 7.79. The molecule has 9 heteroatoms. The van der Waals surface area contributed by atoms with Crippen molar-refractivity contribution in [2.45, 2.75) is 6.42 Å². The first kappa shape index (κ1) is 14.3. The lowest BCUT2D eigenvalue weighted by Gasteiger charge is -2.02. The second kappa shape index (κ2) is 5.72. The van der Waals surface area contributed by atoms with Gasteiger partial charge in [-0.1, -0.05) is 23.2 Å². The summed E-state index contributed by atoms with van der Waals surface area (Å²) in [6.45, 7) is 0.198. The minimum Gasteiger partial charge on any atom is -0.351 e. The molecule has 0 bridgehead atoms. The number of amides is 1. The van der Waals surface area contributed by atoms with E-state index in [1.807, 2.05) is 0 Å². The Morgan fingerprint density at radius 3 is 2.59 bits per heavy atom. The second-order valence-electron chi connectivity index (χ2n) is 3.32. The summed E-state index contributed by atoms with van der Waals surface area (Å²) < 4.78 is 21.2. The summed E-state index contributed by atoms with van der Waals surface area (Å²) in [6, 6.07) is 1.39. The van der Waals surface area contributed by atoms with Crippen LogP contribution in [0, 0.1) is 0 Å². The maximum absolute atomic E-state index is 11.5. The van der Waals surface area contributed by atoms with Gasteiger partial charge in [-0.3, -0.25) is 4.79 Å². The summed E-state index contributed by atoms with van der Waals surface area (Å²) in [5, 5.41) is 7.74. The quantitative estimate of drug-likeness (QED) is 0.698. The number of hydrogen-bond acceptors (Lipinski definition) is 3. The third-order valence-electron chi connectivity index (χ3n) is 1.86. The molecule has 0 atom stereocenters. The number of hydrogen-bond donors (Lipinski definition) is 3. The average Bonchev–Trinajstić information content (AvgIpc) is 2.52. The van der Waals surface area contributed by atoms with Crippen LogP contribution in [0.15, 0.2) is 6.07 Å². The molecule has 0 aliphatic rings. The van der Waals surface area contributed by atoms with Crippen LogP contribution in [0.5, 0.6) is 0 Å². The molecule has 0 radical (unpaired) electrons. The van der Waals surface area contributed by atoms with E-state index in [-0.39, 0.29) is 34.6 Å². The predicted molar refractivity (Wildman–Crippen MR) is 65.7 cm³/mol. The Labute approximate surface area is 109 Å². The molecule has 1 aromatic rings. The zero-order chi connectivity index (χ0) is 13.1. The second-order valence-corrected chi connectivity index (χ2v) is 5.84. The number of H-pyrrole nitrogens is 1. The topological polar surface area (TPSA) is 105 Å². The van der Waals surface area contributed by atoms with Crippen LogP contribution < -0.4 is 10.5 Å². The van der Waals surface area contributed by atoms with E-state index in [0.717, 1.165) is 0 Å². The summed E-state index contributed by atoms with van der Waals surface area (Å²) in [5.41, 5.74) is 0.218. The molecule has 1 heterocycles. The SMILES string of the molecule is NS(=O)(=O)CCCNC(=O)c1cc(Cl)c(Cl)[nH]1. The fourth-order valence-electron chi connectivity index (χ4n) is 1.10. The van der Waals surface area contributed by atoms with E-state index in [1.54, 1.807) is 0 Å². The van der Waals surface area contributed by atoms with Crippen LogP contribution in [0.2, 0.25) is 10.2 Å². The Morgan fingerprint density at radius 1 is 1.47 bits per heavy atom. The molecule has 0 aromatic carbocycles. The fourth-order valence-corrected chi connectivity index (χ4v) is 1.96. The van der Waals surface area contributed by atoms with Crippen molar-refractivity contribution in [2.75, 3.05) is 12.3 Å². The van der Waals surface area contributed by atoms with Crippen LogP contribution in [0.1, 0.15) is 16.9 Å². The molecule has 17 heavy (non-hydrogen) atoms. The largest absolute Gasteiger partial charge is 0.351 e. The number of aromatic amines is 1. The molecular formula is C8H11Cl2N3O3S. The van der Waals surface area contributed by atoms with Crippen molar-refractivity contribution in [2.24, 2.45) is 5.14 Å². The number of nitrogens with two attached hydrogens (primary N) is 1. The molecule has 0 aliphatic heterocycles. The van der Waals surface area contributed by atoms with Crippen molar-refractivity contribution in [3.63, 3.8) is 0 Å². The first-order valence-corrected chi connectivity index (χ1v) is 7.09. The summed E-state index contributed by atoms with van der Waals surface area (Å²) >= 11 is 11.3. The maximum Gasteiger partial charge on any atom is 0.267 e. The molecule has 1 amide bonds. The molecule has 0 fully saturated rings. The third kappa shape index (κ3) is 4.95. The Bertz CT molecular complexity index is 493. The van der Waals surface area contributed by atoms with Gasteiger partial charge in [-0.2, -0.15) is 0 Å². The third-order valence-corrected chi connectivity index (χ3v) is 3.41. The normalized spacial score (nSPS) is 11.5. The highest BCUT2D eigenvalue weighted by molar-refractivity contribution is 7.89. The Balaban J connectivity index is 2.40. The average molecular weight is 300 g/mol.